The van der Waals surface area contributed by atoms with E-state index in [-0.39, 0.29) is 6.04 Å². The van der Waals surface area contributed by atoms with E-state index in [1.807, 2.05) is 6.92 Å². The van der Waals surface area contributed by atoms with Crippen LogP contribution in [0.2, 0.25) is 5.15 Å². The molecular formula is C14H22ClN3O. The maximum atomic E-state index is 6.21. The van der Waals surface area contributed by atoms with Gasteiger partial charge in [-0.05, 0) is 25.7 Å². The van der Waals surface area contributed by atoms with E-state index in [1.165, 1.54) is 12.8 Å². The molecular weight excluding hydrogens is 262 g/mol. The van der Waals surface area contributed by atoms with E-state index >= 15 is 0 Å². The van der Waals surface area contributed by atoms with Crippen molar-refractivity contribution >= 4 is 17.4 Å². The van der Waals surface area contributed by atoms with Crippen LogP contribution in [0.3, 0.4) is 0 Å². The van der Waals surface area contributed by atoms with Gasteiger partial charge in [0.15, 0.2) is 0 Å². The Balaban J connectivity index is 2.22. The van der Waals surface area contributed by atoms with E-state index < -0.39 is 0 Å². The van der Waals surface area contributed by atoms with Crippen molar-refractivity contribution in [3.63, 3.8) is 0 Å². The summed E-state index contributed by atoms with van der Waals surface area (Å²) in [6.07, 6.45) is 2.34. The van der Waals surface area contributed by atoms with Gasteiger partial charge < -0.3 is 10.1 Å². The molecule has 0 bridgehead atoms. The largest absolute Gasteiger partial charge is 0.383 e. The summed E-state index contributed by atoms with van der Waals surface area (Å²) in [6.45, 7) is 6.93. The van der Waals surface area contributed by atoms with Crippen LogP contribution in [-0.2, 0) is 4.74 Å². The Bertz CT molecular complexity index is 447. The fraction of sp³-hybridized carbons (Fsp3) is 0.714. The lowest BCUT2D eigenvalue weighted by molar-refractivity contribution is 0.171. The molecule has 0 radical (unpaired) electrons. The summed E-state index contributed by atoms with van der Waals surface area (Å²) in [4.78, 5) is 9.01. The second-order valence-corrected chi connectivity index (χ2v) is 5.93. The summed E-state index contributed by atoms with van der Waals surface area (Å²) in [5.41, 5.74) is 0.910. The Hall–Kier alpha value is -0.870. The summed E-state index contributed by atoms with van der Waals surface area (Å²) < 4.78 is 5.26. The van der Waals surface area contributed by atoms with Gasteiger partial charge in [-0.25, -0.2) is 9.97 Å². The fourth-order valence-electron chi connectivity index (χ4n) is 1.93. The average molecular weight is 284 g/mol. The number of aromatic nitrogens is 2. The summed E-state index contributed by atoms with van der Waals surface area (Å²) in [5.74, 6) is 2.67. The summed E-state index contributed by atoms with van der Waals surface area (Å²) in [7, 11) is 1.71. The van der Waals surface area contributed by atoms with Crippen LogP contribution < -0.4 is 5.32 Å². The monoisotopic (exact) mass is 283 g/mol. The molecule has 1 atom stereocenters. The van der Waals surface area contributed by atoms with Gasteiger partial charge in [-0.2, -0.15) is 0 Å². The van der Waals surface area contributed by atoms with Gasteiger partial charge in [0.1, 0.15) is 16.8 Å². The lowest BCUT2D eigenvalue weighted by Crippen LogP contribution is -2.31. The molecule has 0 saturated heterocycles. The first kappa shape index (κ1) is 14.5. The van der Waals surface area contributed by atoms with Crippen LogP contribution in [0.1, 0.15) is 44.0 Å². The number of nitrogens with one attached hydrogen (secondary N) is 1. The molecule has 0 aromatic carbocycles. The molecule has 1 saturated carbocycles. The Morgan fingerprint density at radius 3 is 2.58 bits per heavy atom. The van der Waals surface area contributed by atoms with Crippen molar-refractivity contribution in [2.24, 2.45) is 5.92 Å². The predicted molar refractivity (Wildman–Crippen MR) is 77.9 cm³/mol. The van der Waals surface area contributed by atoms with Crippen molar-refractivity contribution in [3.05, 3.63) is 16.5 Å². The molecule has 1 unspecified atom stereocenters. The first-order valence-corrected chi connectivity index (χ1v) is 7.20. The van der Waals surface area contributed by atoms with Crippen LogP contribution in [0.4, 0.5) is 5.82 Å². The molecule has 1 aromatic heterocycles. The molecule has 106 valence electrons. The lowest BCUT2D eigenvalue weighted by atomic mass is 10.1. The molecule has 2 rings (SSSR count). The molecule has 1 aromatic rings. The third-order valence-corrected chi connectivity index (χ3v) is 3.89. The van der Waals surface area contributed by atoms with Crippen LogP contribution in [0.25, 0.3) is 0 Å². The Morgan fingerprint density at radius 1 is 1.37 bits per heavy atom. The zero-order chi connectivity index (χ0) is 14.0. The number of hydrogen-bond acceptors (Lipinski definition) is 4. The summed E-state index contributed by atoms with van der Waals surface area (Å²) in [6, 6.07) is 0.224. The number of methoxy groups -OCH3 is 1. The van der Waals surface area contributed by atoms with Gasteiger partial charge >= 0.3 is 0 Å². The molecule has 1 heterocycles. The van der Waals surface area contributed by atoms with E-state index in [9.17, 15) is 0 Å². The van der Waals surface area contributed by atoms with Crippen molar-refractivity contribution in [1.29, 1.82) is 0 Å². The van der Waals surface area contributed by atoms with Crippen LogP contribution in [-0.4, -0.2) is 29.7 Å². The highest BCUT2D eigenvalue weighted by molar-refractivity contribution is 6.30. The molecule has 0 aliphatic heterocycles. The minimum Gasteiger partial charge on any atom is -0.383 e. The van der Waals surface area contributed by atoms with Gasteiger partial charge in [0.05, 0.1) is 12.6 Å². The standard InChI is InChI=1S/C14H22ClN3O/c1-8(2)11(7-19-4)16-13-9(3)12(15)17-14(18-13)10-5-6-10/h8,10-11H,5-7H2,1-4H3,(H,16,17,18). The Labute approximate surface area is 119 Å². The van der Waals surface area contributed by atoms with Crippen molar-refractivity contribution in [3.8, 4) is 0 Å². The number of ether oxygens (including phenoxy) is 1. The quantitative estimate of drug-likeness (QED) is 0.813. The first-order chi connectivity index (χ1) is 9.02. The summed E-state index contributed by atoms with van der Waals surface area (Å²) in [5, 5.41) is 4.01. The third kappa shape index (κ3) is 3.57. The van der Waals surface area contributed by atoms with Crippen LogP contribution in [0, 0.1) is 12.8 Å². The van der Waals surface area contributed by atoms with E-state index in [4.69, 9.17) is 16.3 Å². The maximum absolute atomic E-state index is 6.21. The maximum Gasteiger partial charge on any atom is 0.137 e. The predicted octanol–water partition coefficient (Wildman–Crippen LogP) is 3.40. The fourth-order valence-corrected chi connectivity index (χ4v) is 2.10. The smallest absolute Gasteiger partial charge is 0.137 e. The normalized spacial score (nSPS) is 16.7. The summed E-state index contributed by atoms with van der Waals surface area (Å²) >= 11 is 6.21. The van der Waals surface area contributed by atoms with Crippen molar-refractivity contribution in [2.45, 2.75) is 45.6 Å². The van der Waals surface area contributed by atoms with E-state index in [2.05, 4.69) is 29.1 Å². The molecule has 5 heteroatoms. The molecule has 0 spiro atoms. The van der Waals surface area contributed by atoms with Gasteiger partial charge in [-0.15, -0.1) is 0 Å². The molecule has 1 N–H and O–H groups in total. The van der Waals surface area contributed by atoms with E-state index in [0.29, 0.717) is 23.6 Å². The highest BCUT2D eigenvalue weighted by atomic mass is 35.5. The van der Waals surface area contributed by atoms with Gasteiger partial charge in [-0.3, -0.25) is 0 Å². The number of hydrogen-bond donors (Lipinski definition) is 1. The van der Waals surface area contributed by atoms with Gasteiger partial charge in [-0.1, -0.05) is 25.4 Å². The van der Waals surface area contributed by atoms with Crippen LogP contribution in [0.5, 0.6) is 0 Å². The average Bonchev–Trinajstić information content (AvgIpc) is 3.17. The second kappa shape index (κ2) is 6.06. The van der Waals surface area contributed by atoms with Crippen molar-refractivity contribution in [1.82, 2.24) is 9.97 Å². The van der Waals surface area contributed by atoms with Crippen LogP contribution in [0.15, 0.2) is 0 Å². The molecule has 19 heavy (non-hydrogen) atoms. The second-order valence-electron chi connectivity index (χ2n) is 5.57. The zero-order valence-electron chi connectivity index (χ0n) is 12.0. The molecule has 1 aliphatic carbocycles. The SMILES string of the molecule is COCC(Nc1nc(C2CC2)nc(Cl)c1C)C(C)C. The minimum atomic E-state index is 0.224. The highest BCUT2D eigenvalue weighted by Crippen LogP contribution is 2.39. The van der Waals surface area contributed by atoms with Gasteiger partial charge in [0.2, 0.25) is 0 Å². The molecule has 0 amide bonds. The number of rotatable bonds is 6. The first-order valence-electron chi connectivity index (χ1n) is 6.82. The van der Waals surface area contributed by atoms with Crippen molar-refractivity contribution in [2.75, 3.05) is 19.0 Å². The topological polar surface area (TPSA) is 47.0 Å². The molecule has 1 fully saturated rings. The number of anilines is 1. The van der Waals surface area contributed by atoms with Gasteiger partial charge in [0.25, 0.3) is 0 Å². The third-order valence-electron chi connectivity index (χ3n) is 3.52. The lowest BCUT2D eigenvalue weighted by Gasteiger charge is -2.23. The zero-order valence-corrected chi connectivity index (χ0v) is 12.8. The number of nitrogens with zero attached hydrogens (tertiary/aromatic N) is 2. The van der Waals surface area contributed by atoms with Crippen LogP contribution >= 0.6 is 11.6 Å². The molecule has 4 nitrogen and oxygen atoms in total. The van der Waals surface area contributed by atoms with Crippen molar-refractivity contribution < 1.29 is 4.74 Å². The highest BCUT2D eigenvalue weighted by Gasteiger charge is 2.28. The minimum absolute atomic E-state index is 0.224. The van der Waals surface area contributed by atoms with Gasteiger partial charge in [0, 0.05) is 18.6 Å². The Morgan fingerprint density at radius 2 is 2.05 bits per heavy atom. The van der Waals surface area contributed by atoms with E-state index in [1.54, 1.807) is 7.11 Å². The molecule has 1 aliphatic rings. The number of halogens is 1. The Kier molecular flexibility index (Phi) is 4.63. The van der Waals surface area contributed by atoms with E-state index in [0.717, 1.165) is 17.2 Å².